The quantitative estimate of drug-likeness (QED) is 0.496. The van der Waals surface area contributed by atoms with Crippen LogP contribution in [0.15, 0.2) is 41.8 Å². The van der Waals surface area contributed by atoms with E-state index in [4.69, 9.17) is 5.11 Å². The highest BCUT2D eigenvalue weighted by molar-refractivity contribution is 7.10. The Hall–Kier alpha value is -2.22. The third-order valence-corrected chi connectivity index (χ3v) is 5.73. The lowest BCUT2D eigenvalue weighted by atomic mass is 9.98. The lowest BCUT2D eigenvalue weighted by Crippen LogP contribution is -2.45. The number of thiophene rings is 1. The Bertz CT molecular complexity index is 764. The van der Waals surface area contributed by atoms with Crippen LogP contribution in [0.25, 0.3) is 0 Å². The number of aliphatic hydroxyl groups is 1. The predicted octanol–water partition coefficient (Wildman–Crippen LogP) is 1.46. The molecule has 0 saturated carbocycles. The van der Waals surface area contributed by atoms with Gasteiger partial charge in [0.2, 0.25) is 0 Å². The summed E-state index contributed by atoms with van der Waals surface area (Å²) in [6.07, 6.45) is 1.41. The number of carbonyl (C=O) groups excluding carboxylic acids is 2. The molecule has 0 saturated heterocycles. The number of nitrogens with zero attached hydrogens (tertiary/aromatic N) is 1. The lowest BCUT2D eigenvalue weighted by molar-refractivity contribution is -0.139. The fourth-order valence-electron chi connectivity index (χ4n) is 3.30. The maximum atomic E-state index is 12.1. The minimum Gasteiger partial charge on any atom is -0.396 e. The van der Waals surface area contributed by atoms with Gasteiger partial charge in [0.25, 0.3) is 0 Å². The Balaban J connectivity index is 1.63. The van der Waals surface area contributed by atoms with E-state index in [1.54, 1.807) is 11.3 Å². The summed E-state index contributed by atoms with van der Waals surface area (Å²) in [5.74, 6) is -1.29. The van der Waals surface area contributed by atoms with Crippen LogP contribution in [-0.4, -0.2) is 48.1 Å². The van der Waals surface area contributed by atoms with Crippen molar-refractivity contribution in [2.75, 3.05) is 26.2 Å². The number of carbonyl (C=O) groups is 2. The van der Waals surface area contributed by atoms with Gasteiger partial charge in [-0.2, -0.15) is 0 Å². The zero-order valence-corrected chi connectivity index (χ0v) is 16.0. The van der Waals surface area contributed by atoms with Crippen LogP contribution < -0.4 is 10.6 Å². The van der Waals surface area contributed by atoms with Gasteiger partial charge >= 0.3 is 11.8 Å². The van der Waals surface area contributed by atoms with Gasteiger partial charge in [0.05, 0.1) is 6.04 Å². The summed E-state index contributed by atoms with van der Waals surface area (Å²) < 4.78 is 0. The highest BCUT2D eigenvalue weighted by Crippen LogP contribution is 2.29. The Kier molecular flexibility index (Phi) is 6.98. The highest BCUT2D eigenvalue weighted by atomic mass is 32.1. The van der Waals surface area contributed by atoms with Crippen LogP contribution >= 0.6 is 11.3 Å². The first-order valence-electron chi connectivity index (χ1n) is 9.20. The van der Waals surface area contributed by atoms with Crippen molar-refractivity contribution >= 4 is 23.2 Å². The molecule has 0 unspecified atom stereocenters. The molecular weight excluding hydrogens is 362 g/mol. The van der Waals surface area contributed by atoms with Crippen molar-refractivity contribution in [3.63, 3.8) is 0 Å². The number of amides is 2. The van der Waals surface area contributed by atoms with Gasteiger partial charge in [-0.25, -0.2) is 0 Å². The first-order chi connectivity index (χ1) is 13.2. The fourth-order valence-corrected chi connectivity index (χ4v) is 4.17. The van der Waals surface area contributed by atoms with Crippen LogP contribution in [0.5, 0.6) is 0 Å². The monoisotopic (exact) mass is 387 g/mol. The van der Waals surface area contributed by atoms with E-state index in [1.165, 1.54) is 16.0 Å². The van der Waals surface area contributed by atoms with E-state index >= 15 is 0 Å². The summed E-state index contributed by atoms with van der Waals surface area (Å²) in [6, 6.07) is 12.6. The van der Waals surface area contributed by atoms with E-state index in [0.717, 1.165) is 19.5 Å². The number of rotatable bonds is 7. The van der Waals surface area contributed by atoms with Crippen LogP contribution in [0.3, 0.4) is 0 Å². The Morgan fingerprint density at radius 2 is 1.89 bits per heavy atom. The average Bonchev–Trinajstić information content (AvgIpc) is 3.22. The van der Waals surface area contributed by atoms with Crippen LogP contribution in [0, 0.1) is 0 Å². The molecule has 2 aromatic rings. The summed E-state index contributed by atoms with van der Waals surface area (Å²) in [6.45, 7) is 2.41. The molecule has 2 amide bonds. The summed E-state index contributed by atoms with van der Waals surface area (Å²) >= 11 is 1.66. The number of fused-ring (bicyclic) bond motifs is 1. The van der Waals surface area contributed by atoms with E-state index < -0.39 is 11.8 Å². The van der Waals surface area contributed by atoms with E-state index in [2.05, 4.69) is 45.9 Å². The lowest BCUT2D eigenvalue weighted by Gasteiger charge is -2.35. The van der Waals surface area contributed by atoms with Crippen LogP contribution in [-0.2, 0) is 22.6 Å². The standard InChI is InChI=1S/C20H25N3O3S/c24-11-4-9-21-19(25)20(26)22-13-17(18-7-3-12-27-18)23-10-8-15-5-1-2-6-16(15)14-23/h1-3,5-7,12,17,24H,4,8-11,13-14H2,(H,21,25)(H,22,26)/t17-/m0/s1. The minimum absolute atomic E-state index is 0.0151. The largest absolute Gasteiger partial charge is 0.396 e. The maximum Gasteiger partial charge on any atom is 0.309 e. The zero-order chi connectivity index (χ0) is 19.1. The highest BCUT2D eigenvalue weighted by Gasteiger charge is 2.26. The van der Waals surface area contributed by atoms with Gasteiger partial charge < -0.3 is 15.7 Å². The van der Waals surface area contributed by atoms with Gasteiger partial charge in [0.15, 0.2) is 0 Å². The number of aliphatic hydroxyl groups excluding tert-OH is 1. The third-order valence-electron chi connectivity index (χ3n) is 4.76. The molecule has 0 spiro atoms. The summed E-state index contributed by atoms with van der Waals surface area (Å²) in [4.78, 5) is 27.5. The van der Waals surface area contributed by atoms with Crippen LogP contribution in [0.2, 0.25) is 0 Å². The van der Waals surface area contributed by atoms with E-state index in [0.29, 0.717) is 19.5 Å². The normalized spacial score (nSPS) is 15.0. The van der Waals surface area contributed by atoms with Crippen molar-refractivity contribution in [3.05, 3.63) is 57.8 Å². The molecule has 144 valence electrons. The molecule has 27 heavy (non-hydrogen) atoms. The summed E-state index contributed by atoms with van der Waals surface area (Å²) in [7, 11) is 0. The molecule has 1 aliphatic heterocycles. The molecule has 1 aromatic heterocycles. The SMILES string of the molecule is O=C(NCCCO)C(=O)NC[C@@H](c1cccs1)N1CCc2ccccc2C1. The molecule has 0 radical (unpaired) electrons. The molecule has 3 N–H and O–H groups in total. The number of benzene rings is 1. The summed E-state index contributed by atoms with van der Waals surface area (Å²) in [5.41, 5.74) is 2.70. The van der Waals surface area contributed by atoms with Gasteiger partial charge in [-0.15, -0.1) is 11.3 Å². The Morgan fingerprint density at radius 3 is 2.63 bits per heavy atom. The van der Waals surface area contributed by atoms with Crippen molar-refractivity contribution < 1.29 is 14.7 Å². The zero-order valence-electron chi connectivity index (χ0n) is 15.2. The Morgan fingerprint density at radius 1 is 1.11 bits per heavy atom. The number of hydrogen-bond donors (Lipinski definition) is 3. The molecule has 1 aliphatic rings. The first-order valence-corrected chi connectivity index (χ1v) is 10.1. The van der Waals surface area contributed by atoms with E-state index in [9.17, 15) is 9.59 Å². The van der Waals surface area contributed by atoms with Crippen molar-refractivity contribution in [1.82, 2.24) is 15.5 Å². The predicted molar refractivity (Wildman–Crippen MR) is 105 cm³/mol. The molecule has 6 nitrogen and oxygen atoms in total. The maximum absolute atomic E-state index is 12.1. The number of hydrogen-bond acceptors (Lipinski definition) is 5. The van der Waals surface area contributed by atoms with Gasteiger partial charge in [0.1, 0.15) is 0 Å². The molecule has 1 aromatic carbocycles. The van der Waals surface area contributed by atoms with Crippen LogP contribution in [0.1, 0.15) is 28.5 Å². The molecule has 1 atom stereocenters. The average molecular weight is 388 g/mol. The van der Waals surface area contributed by atoms with Crippen molar-refractivity contribution in [2.24, 2.45) is 0 Å². The molecule has 0 aliphatic carbocycles. The van der Waals surface area contributed by atoms with Gasteiger partial charge in [-0.05, 0) is 35.4 Å². The molecular formula is C20H25N3O3S. The molecule has 0 fully saturated rings. The number of nitrogens with one attached hydrogen (secondary N) is 2. The van der Waals surface area contributed by atoms with E-state index in [1.807, 2.05) is 11.4 Å². The second-order valence-corrected chi connectivity index (χ2v) is 7.54. The molecule has 0 bridgehead atoms. The fraction of sp³-hybridized carbons (Fsp3) is 0.400. The van der Waals surface area contributed by atoms with Crippen molar-refractivity contribution in [1.29, 1.82) is 0 Å². The van der Waals surface area contributed by atoms with Crippen molar-refractivity contribution in [3.8, 4) is 0 Å². The molecule has 2 heterocycles. The van der Waals surface area contributed by atoms with Gasteiger partial charge in [0, 0.05) is 37.7 Å². The molecule has 7 heteroatoms. The second-order valence-electron chi connectivity index (χ2n) is 6.56. The van der Waals surface area contributed by atoms with Crippen LogP contribution in [0.4, 0.5) is 0 Å². The third kappa shape index (κ3) is 5.15. The minimum atomic E-state index is -0.655. The summed E-state index contributed by atoms with van der Waals surface area (Å²) in [5, 5.41) is 16.1. The van der Waals surface area contributed by atoms with E-state index in [-0.39, 0.29) is 12.6 Å². The second kappa shape index (κ2) is 9.64. The van der Waals surface area contributed by atoms with Gasteiger partial charge in [-0.1, -0.05) is 30.3 Å². The molecule has 3 rings (SSSR count). The van der Waals surface area contributed by atoms with Crippen molar-refractivity contribution in [2.45, 2.75) is 25.4 Å². The Labute approximate surface area is 163 Å². The first kappa shape index (κ1) is 19.5. The smallest absolute Gasteiger partial charge is 0.309 e. The topological polar surface area (TPSA) is 81.7 Å². The van der Waals surface area contributed by atoms with Gasteiger partial charge in [-0.3, -0.25) is 14.5 Å².